The van der Waals surface area contributed by atoms with E-state index in [2.05, 4.69) is 37.2 Å². The summed E-state index contributed by atoms with van der Waals surface area (Å²) in [5.74, 6) is -0.204. The Balaban J connectivity index is 2.25. The normalized spacial score (nSPS) is 10.2. The standard InChI is InChI=1S/C13H8Br2ClNO/c14-9-5-8(6-10(16)7-9)13(18)17-12-4-2-1-3-11(12)15/h1-7H,(H,17,18). The fraction of sp³-hybridized carbons (Fsp3) is 0. The van der Waals surface area contributed by atoms with E-state index in [4.69, 9.17) is 11.6 Å². The maximum Gasteiger partial charge on any atom is 0.255 e. The van der Waals surface area contributed by atoms with Crippen LogP contribution in [0, 0.1) is 0 Å². The summed E-state index contributed by atoms with van der Waals surface area (Å²) in [4.78, 5) is 12.1. The van der Waals surface area contributed by atoms with Crippen LogP contribution in [0.1, 0.15) is 10.4 Å². The first-order chi connectivity index (χ1) is 8.56. The highest BCUT2D eigenvalue weighted by Crippen LogP contribution is 2.24. The minimum absolute atomic E-state index is 0.204. The van der Waals surface area contributed by atoms with E-state index in [0.29, 0.717) is 10.6 Å². The Kier molecular flexibility index (Phi) is 4.43. The predicted octanol–water partition coefficient (Wildman–Crippen LogP) is 5.12. The van der Waals surface area contributed by atoms with E-state index in [0.717, 1.165) is 14.6 Å². The lowest BCUT2D eigenvalue weighted by Gasteiger charge is -2.07. The maximum absolute atomic E-state index is 12.1. The van der Waals surface area contributed by atoms with Gasteiger partial charge in [-0.2, -0.15) is 0 Å². The van der Waals surface area contributed by atoms with E-state index in [-0.39, 0.29) is 5.91 Å². The Morgan fingerprint density at radius 1 is 1.11 bits per heavy atom. The number of anilines is 1. The predicted molar refractivity (Wildman–Crippen MR) is 81.2 cm³/mol. The third kappa shape index (κ3) is 3.34. The summed E-state index contributed by atoms with van der Waals surface area (Å²) in [5.41, 5.74) is 1.23. The largest absolute Gasteiger partial charge is 0.321 e. The van der Waals surface area contributed by atoms with Gasteiger partial charge in [0.2, 0.25) is 0 Å². The summed E-state index contributed by atoms with van der Waals surface area (Å²) in [7, 11) is 0. The molecule has 0 saturated carbocycles. The second-order valence-corrected chi connectivity index (χ2v) is 5.80. The Hall–Kier alpha value is -0.840. The van der Waals surface area contributed by atoms with Crippen LogP contribution in [-0.2, 0) is 0 Å². The number of rotatable bonds is 2. The molecule has 0 atom stereocenters. The fourth-order valence-electron chi connectivity index (χ4n) is 1.44. The van der Waals surface area contributed by atoms with Gasteiger partial charge in [0.25, 0.3) is 5.91 Å². The number of carbonyl (C=O) groups excluding carboxylic acids is 1. The zero-order chi connectivity index (χ0) is 13.1. The van der Waals surface area contributed by atoms with Crippen LogP contribution in [0.25, 0.3) is 0 Å². The van der Waals surface area contributed by atoms with Gasteiger partial charge in [0.15, 0.2) is 0 Å². The number of nitrogens with one attached hydrogen (secondary N) is 1. The molecule has 0 fully saturated rings. The molecular weight excluding hydrogens is 381 g/mol. The van der Waals surface area contributed by atoms with E-state index in [1.807, 2.05) is 24.3 Å². The first-order valence-electron chi connectivity index (χ1n) is 5.08. The molecule has 2 aromatic carbocycles. The third-order valence-electron chi connectivity index (χ3n) is 2.25. The second kappa shape index (κ2) is 5.87. The molecule has 0 heterocycles. The molecule has 1 N–H and O–H groups in total. The van der Waals surface area contributed by atoms with E-state index < -0.39 is 0 Å². The number of hydrogen-bond donors (Lipinski definition) is 1. The molecule has 2 aromatic rings. The molecule has 92 valence electrons. The number of benzene rings is 2. The average molecular weight is 389 g/mol. The van der Waals surface area contributed by atoms with Gasteiger partial charge in [-0.25, -0.2) is 0 Å². The summed E-state index contributed by atoms with van der Waals surface area (Å²) in [6.45, 7) is 0. The van der Waals surface area contributed by atoms with Crippen LogP contribution in [0.15, 0.2) is 51.4 Å². The molecule has 5 heteroatoms. The molecule has 2 nitrogen and oxygen atoms in total. The number of halogens is 3. The van der Waals surface area contributed by atoms with Crippen molar-refractivity contribution in [2.75, 3.05) is 5.32 Å². The average Bonchev–Trinajstić information content (AvgIpc) is 2.31. The molecular formula is C13H8Br2ClNO. The number of carbonyl (C=O) groups is 1. The van der Waals surface area contributed by atoms with Crippen molar-refractivity contribution < 1.29 is 4.79 Å². The Morgan fingerprint density at radius 2 is 1.83 bits per heavy atom. The lowest BCUT2D eigenvalue weighted by Crippen LogP contribution is -2.12. The van der Waals surface area contributed by atoms with Gasteiger partial charge in [-0.1, -0.05) is 39.7 Å². The van der Waals surface area contributed by atoms with Crippen molar-refractivity contribution in [3.63, 3.8) is 0 Å². The van der Waals surface area contributed by atoms with Crippen LogP contribution >= 0.6 is 43.5 Å². The summed E-state index contributed by atoms with van der Waals surface area (Å²) in [6, 6.07) is 12.5. The van der Waals surface area contributed by atoms with Gasteiger partial charge in [-0.05, 0) is 46.3 Å². The van der Waals surface area contributed by atoms with E-state index in [1.165, 1.54) is 0 Å². The van der Waals surface area contributed by atoms with Gasteiger partial charge in [0.05, 0.1) is 5.69 Å². The van der Waals surface area contributed by atoms with Crippen molar-refractivity contribution in [2.45, 2.75) is 0 Å². The highest BCUT2D eigenvalue weighted by Gasteiger charge is 2.09. The van der Waals surface area contributed by atoms with Gasteiger partial charge in [-0.3, -0.25) is 4.79 Å². The zero-order valence-electron chi connectivity index (χ0n) is 9.08. The molecule has 0 radical (unpaired) electrons. The van der Waals surface area contributed by atoms with Crippen LogP contribution in [0.4, 0.5) is 5.69 Å². The molecule has 0 bridgehead atoms. The molecule has 0 aliphatic rings. The molecule has 0 aliphatic carbocycles. The van der Waals surface area contributed by atoms with E-state index in [9.17, 15) is 4.79 Å². The van der Waals surface area contributed by atoms with Gasteiger partial charge >= 0.3 is 0 Å². The molecule has 0 saturated heterocycles. The van der Waals surface area contributed by atoms with E-state index in [1.54, 1.807) is 18.2 Å². The van der Waals surface area contributed by atoms with Gasteiger partial charge in [0.1, 0.15) is 0 Å². The van der Waals surface area contributed by atoms with Crippen LogP contribution in [0.5, 0.6) is 0 Å². The fourth-order valence-corrected chi connectivity index (χ4v) is 2.69. The Morgan fingerprint density at radius 3 is 2.50 bits per heavy atom. The lowest BCUT2D eigenvalue weighted by atomic mass is 10.2. The highest BCUT2D eigenvalue weighted by molar-refractivity contribution is 9.10. The maximum atomic E-state index is 12.1. The minimum Gasteiger partial charge on any atom is -0.321 e. The summed E-state index contributed by atoms with van der Waals surface area (Å²) in [6.07, 6.45) is 0. The Bertz CT molecular complexity index is 581. The van der Waals surface area contributed by atoms with Crippen molar-refractivity contribution >= 4 is 55.1 Å². The first-order valence-corrected chi connectivity index (χ1v) is 7.04. The molecule has 0 unspecified atom stereocenters. The monoisotopic (exact) mass is 387 g/mol. The van der Waals surface area contributed by atoms with Crippen molar-refractivity contribution in [1.82, 2.24) is 0 Å². The van der Waals surface area contributed by atoms with E-state index >= 15 is 0 Å². The molecule has 1 amide bonds. The number of amides is 1. The van der Waals surface area contributed by atoms with Gasteiger partial charge in [-0.15, -0.1) is 0 Å². The number of hydrogen-bond acceptors (Lipinski definition) is 1. The Labute approximate surface area is 127 Å². The SMILES string of the molecule is O=C(Nc1ccccc1Br)c1cc(Cl)cc(Br)c1. The van der Waals surface area contributed by atoms with Gasteiger partial charge in [0, 0.05) is 19.5 Å². The lowest BCUT2D eigenvalue weighted by molar-refractivity contribution is 0.102. The van der Waals surface area contributed by atoms with Crippen LogP contribution in [0.3, 0.4) is 0 Å². The van der Waals surface area contributed by atoms with Crippen LogP contribution in [0.2, 0.25) is 5.02 Å². The molecule has 2 rings (SSSR count). The quantitative estimate of drug-likeness (QED) is 0.759. The molecule has 0 spiro atoms. The zero-order valence-corrected chi connectivity index (χ0v) is 13.0. The molecule has 0 aromatic heterocycles. The first kappa shape index (κ1) is 13.6. The van der Waals surface area contributed by atoms with Gasteiger partial charge < -0.3 is 5.32 Å². The highest BCUT2D eigenvalue weighted by atomic mass is 79.9. The summed E-state index contributed by atoms with van der Waals surface area (Å²) in [5, 5.41) is 3.33. The molecule has 0 aliphatic heterocycles. The minimum atomic E-state index is -0.204. The van der Waals surface area contributed by atoms with Crippen LogP contribution in [-0.4, -0.2) is 5.91 Å². The third-order valence-corrected chi connectivity index (χ3v) is 3.61. The smallest absolute Gasteiger partial charge is 0.255 e. The van der Waals surface area contributed by atoms with Crippen molar-refractivity contribution in [2.24, 2.45) is 0 Å². The topological polar surface area (TPSA) is 29.1 Å². The van der Waals surface area contributed by atoms with Crippen molar-refractivity contribution in [3.8, 4) is 0 Å². The summed E-state index contributed by atoms with van der Waals surface area (Å²) < 4.78 is 1.60. The van der Waals surface area contributed by atoms with Crippen molar-refractivity contribution in [3.05, 3.63) is 62.0 Å². The van der Waals surface area contributed by atoms with Crippen molar-refractivity contribution in [1.29, 1.82) is 0 Å². The molecule has 18 heavy (non-hydrogen) atoms. The second-order valence-electron chi connectivity index (χ2n) is 3.59. The number of para-hydroxylation sites is 1. The summed E-state index contributed by atoms with van der Waals surface area (Å²) >= 11 is 12.6. The van der Waals surface area contributed by atoms with Crippen LogP contribution < -0.4 is 5.32 Å².